The molecule has 5 heteroatoms. The minimum Gasteiger partial charge on any atom is -0.481 e. The van der Waals surface area contributed by atoms with Crippen molar-refractivity contribution in [1.82, 2.24) is 10.2 Å². The molecule has 0 aromatic rings. The van der Waals surface area contributed by atoms with Crippen LogP contribution in [-0.4, -0.2) is 40.6 Å². The molecule has 0 radical (unpaired) electrons. The molecule has 2 N–H and O–H groups in total. The summed E-state index contributed by atoms with van der Waals surface area (Å²) in [5.74, 6) is -1.34. The predicted molar refractivity (Wildman–Crippen MR) is 69.4 cm³/mol. The summed E-state index contributed by atoms with van der Waals surface area (Å²) in [6, 6.07) is 0.427. The third kappa shape index (κ3) is 3.37. The van der Waals surface area contributed by atoms with E-state index >= 15 is 0 Å². The number of amides is 2. The van der Waals surface area contributed by atoms with E-state index in [1.807, 2.05) is 18.7 Å². The van der Waals surface area contributed by atoms with Crippen LogP contribution in [0.4, 0.5) is 4.79 Å². The fourth-order valence-corrected chi connectivity index (χ4v) is 2.55. The van der Waals surface area contributed by atoms with Crippen molar-refractivity contribution in [3.8, 4) is 0 Å². The second-order valence-corrected chi connectivity index (χ2v) is 5.03. The van der Waals surface area contributed by atoms with Crippen LogP contribution in [0.1, 0.15) is 46.5 Å². The number of urea groups is 1. The Balaban J connectivity index is 2.51. The maximum atomic E-state index is 12.1. The van der Waals surface area contributed by atoms with Gasteiger partial charge in [0.25, 0.3) is 0 Å². The number of aliphatic carboxylic acids is 1. The molecule has 104 valence electrons. The lowest BCUT2D eigenvalue weighted by Gasteiger charge is -2.28. The standard InChI is InChI=1S/C13H24N2O3/c1-4-10(12(16)17)8-14-13(18)15-9(3)6-7-11(15)5-2/h9-11H,4-8H2,1-3H3,(H,14,18)(H,16,17). The highest BCUT2D eigenvalue weighted by Crippen LogP contribution is 2.25. The number of carboxylic acid groups (broad SMARTS) is 1. The number of nitrogens with one attached hydrogen (secondary N) is 1. The molecule has 3 unspecified atom stereocenters. The zero-order chi connectivity index (χ0) is 13.7. The van der Waals surface area contributed by atoms with Crippen LogP contribution in [0.5, 0.6) is 0 Å². The maximum absolute atomic E-state index is 12.1. The second kappa shape index (κ2) is 6.61. The van der Waals surface area contributed by atoms with Gasteiger partial charge < -0.3 is 15.3 Å². The molecule has 0 bridgehead atoms. The zero-order valence-electron chi connectivity index (χ0n) is 11.5. The molecule has 2 amide bonds. The van der Waals surface area contributed by atoms with Gasteiger partial charge in [0.2, 0.25) is 0 Å². The molecule has 0 saturated carbocycles. The van der Waals surface area contributed by atoms with Crippen LogP contribution in [0.25, 0.3) is 0 Å². The number of carbonyl (C=O) groups excluding carboxylic acids is 1. The molecule has 1 heterocycles. The SMILES string of the molecule is CCC(CNC(=O)N1C(C)CCC1CC)C(=O)O. The largest absolute Gasteiger partial charge is 0.481 e. The zero-order valence-corrected chi connectivity index (χ0v) is 11.5. The number of hydrogen-bond donors (Lipinski definition) is 2. The van der Waals surface area contributed by atoms with Gasteiger partial charge in [-0.2, -0.15) is 0 Å². The van der Waals surface area contributed by atoms with Gasteiger partial charge in [-0.15, -0.1) is 0 Å². The molecule has 5 nitrogen and oxygen atoms in total. The van der Waals surface area contributed by atoms with Crippen molar-refractivity contribution < 1.29 is 14.7 Å². The van der Waals surface area contributed by atoms with Crippen molar-refractivity contribution in [1.29, 1.82) is 0 Å². The number of nitrogens with zero attached hydrogens (tertiary/aromatic N) is 1. The lowest BCUT2D eigenvalue weighted by atomic mass is 10.1. The summed E-state index contributed by atoms with van der Waals surface area (Å²) in [7, 11) is 0. The van der Waals surface area contributed by atoms with Crippen LogP contribution in [0.2, 0.25) is 0 Å². The Morgan fingerprint density at radius 3 is 2.56 bits per heavy atom. The van der Waals surface area contributed by atoms with Gasteiger partial charge in [0, 0.05) is 18.6 Å². The van der Waals surface area contributed by atoms with Crippen molar-refractivity contribution in [2.45, 2.75) is 58.5 Å². The maximum Gasteiger partial charge on any atom is 0.317 e. The monoisotopic (exact) mass is 256 g/mol. The van der Waals surface area contributed by atoms with E-state index < -0.39 is 11.9 Å². The molecule has 0 spiro atoms. The summed E-state index contributed by atoms with van der Waals surface area (Å²) in [6.07, 6.45) is 3.56. The van der Waals surface area contributed by atoms with Crippen molar-refractivity contribution in [3.05, 3.63) is 0 Å². The van der Waals surface area contributed by atoms with Gasteiger partial charge in [0.15, 0.2) is 0 Å². The van der Waals surface area contributed by atoms with Crippen molar-refractivity contribution >= 4 is 12.0 Å². The average molecular weight is 256 g/mol. The van der Waals surface area contributed by atoms with Gasteiger partial charge in [0.1, 0.15) is 0 Å². The van der Waals surface area contributed by atoms with Crippen molar-refractivity contribution in [2.75, 3.05) is 6.54 Å². The first kappa shape index (κ1) is 14.8. The lowest BCUT2D eigenvalue weighted by molar-refractivity contribution is -0.141. The molecule has 3 atom stereocenters. The van der Waals surface area contributed by atoms with Crippen molar-refractivity contribution in [2.24, 2.45) is 5.92 Å². The van der Waals surface area contributed by atoms with Gasteiger partial charge in [-0.1, -0.05) is 13.8 Å². The summed E-state index contributed by atoms with van der Waals surface area (Å²) in [5, 5.41) is 11.7. The summed E-state index contributed by atoms with van der Waals surface area (Å²) in [5.41, 5.74) is 0. The highest BCUT2D eigenvalue weighted by atomic mass is 16.4. The first-order valence-electron chi connectivity index (χ1n) is 6.80. The van der Waals surface area contributed by atoms with Gasteiger partial charge in [-0.3, -0.25) is 4.79 Å². The molecular weight excluding hydrogens is 232 g/mol. The Kier molecular flexibility index (Phi) is 5.44. The molecule has 1 rings (SSSR count). The minimum absolute atomic E-state index is 0.119. The highest BCUT2D eigenvalue weighted by molar-refractivity contribution is 5.76. The quantitative estimate of drug-likeness (QED) is 0.791. The minimum atomic E-state index is -0.848. The first-order valence-corrected chi connectivity index (χ1v) is 6.80. The Morgan fingerprint density at radius 2 is 2.06 bits per heavy atom. The molecule has 1 aliphatic heterocycles. The van der Waals surface area contributed by atoms with E-state index in [-0.39, 0.29) is 18.6 Å². The summed E-state index contributed by atoms with van der Waals surface area (Å²) in [4.78, 5) is 24.8. The van der Waals surface area contributed by atoms with Crippen LogP contribution in [0, 0.1) is 5.92 Å². The van der Waals surface area contributed by atoms with E-state index in [2.05, 4.69) is 12.2 Å². The van der Waals surface area contributed by atoms with Gasteiger partial charge in [-0.25, -0.2) is 4.79 Å². The third-order valence-corrected chi connectivity index (χ3v) is 3.83. The van der Waals surface area contributed by atoms with E-state index in [4.69, 9.17) is 5.11 Å². The number of carbonyl (C=O) groups is 2. The normalized spacial score (nSPS) is 24.9. The molecule has 18 heavy (non-hydrogen) atoms. The topological polar surface area (TPSA) is 69.6 Å². The van der Waals surface area contributed by atoms with E-state index in [1.54, 1.807) is 0 Å². The van der Waals surface area contributed by atoms with Crippen LogP contribution in [0.3, 0.4) is 0 Å². The summed E-state index contributed by atoms with van der Waals surface area (Å²) in [6.45, 7) is 6.15. The molecule has 0 aliphatic carbocycles. The molecule has 1 aliphatic rings. The van der Waals surface area contributed by atoms with Crippen LogP contribution in [-0.2, 0) is 4.79 Å². The van der Waals surface area contributed by atoms with E-state index in [9.17, 15) is 9.59 Å². The summed E-state index contributed by atoms with van der Waals surface area (Å²) >= 11 is 0. The number of rotatable bonds is 5. The second-order valence-electron chi connectivity index (χ2n) is 5.03. The van der Waals surface area contributed by atoms with Gasteiger partial charge in [-0.05, 0) is 32.6 Å². The van der Waals surface area contributed by atoms with E-state index in [0.717, 1.165) is 19.3 Å². The van der Waals surface area contributed by atoms with Crippen LogP contribution in [0.15, 0.2) is 0 Å². The van der Waals surface area contributed by atoms with Crippen LogP contribution >= 0.6 is 0 Å². The molecular formula is C13H24N2O3. The average Bonchev–Trinajstić information content (AvgIpc) is 2.70. The molecule has 1 fully saturated rings. The highest BCUT2D eigenvalue weighted by Gasteiger charge is 2.33. The molecule has 0 aromatic carbocycles. The number of hydrogen-bond acceptors (Lipinski definition) is 2. The smallest absolute Gasteiger partial charge is 0.317 e. The number of likely N-dealkylation sites (tertiary alicyclic amines) is 1. The Hall–Kier alpha value is -1.26. The van der Waals surface area contributed by atoms with E-state index in [0.29, 0.717) is 12.5 Å². The summed E-state index contributed by atoms with van der Waals surface area (Å²) < 4.78 is 0. The Morgan fingerprint density at radius 1 is 1.39 bits per heavy atom. The van der Waals surface area contributed by atoms with E-state index in [1.165, 1.54) is 0 Å². The molecule has 0 aromatic heterocycles. The number of carboxylic acids is 1. The lowest BCUT2D eigenvalue weighted by Crippen LogP contribution is -2.47. The predicted octanol–water partition coefficient (Wildman–Crippen LogP) is 2.07. The Labute approximate surface area is 109 Å². The van der Waals surface area contributed by atoms with Gasteiger partial charge in [0.05, 0.1) is 5.92 Å². The fraction of sp³-hybridized carbons (Fsp3) is 0.846. The fourth-order valence-electron chi connectivity index (χ4n) is 2.55. The first-order chi connectivity index (χ1) is 8.51. The Bertz CT molecular complexity index is 307. The van der Waals surface area contributed by atoms with Crippen molar-refractivity contribution in [3.63, 3.8) is 0 Å². The molecule has 1 saturated heterocycles. The third-order valence-electron chi connectivity index (χ3n) is 3.83. The van der Waals surface area contributed by atoms with Crippen LogP contribution < -0.4 is 5.32 Å². The van der Waals surface area contributed by atoms with Gasteiger partial charge >= 0.3 is 12.0 Å².